The lowest BCUT2D eigenvalue weighted by Gasteiger charge is -2.18. The third-order valence-corrected chi connectivity index (χ3v) is 8.19. The minimum Gasteiger partial charge on any atom is -0.325 e. The second-order valence-corrected chi connectivity index (χ2v) is 10.3. The lowest BCUT2D eigenvalue weighted by atomic mass is 10.0. The average Bonchev–Trinajstić information content (AvgIpc) is 3.40. The molecule has 30 heavy (non-hydrogen) atoms. The average molecular weight is 452 g/mol. The largest absolute Gasteiger partial charge is 0.325 e. The number of carbonyl (C=O) groups is 1. The second kappa shape index (κ2) is 10.4. The van der Waals surface area contributed by atoms with Crippen LogP contribution in [0.4, 0.5) is 5.69 Å². The first-order valence-corrected chi connectivity index (χ1v) is 12.8. The van der Waals surface area contributed by atoms with Gasteiger partial charge < -0.3 is 5.32 Å². The van der Waals surface area contributed by atoms with Crippen molar-refractivity contribution in [1.29, 1.82) is 0 Å². The molecular weight excluding hydrogens is 422 g/mol. The molecule has 0 bridgehead atoms. The molecule has 10 heteroatoms. The first-order chi connectivity index (χ1) is 14.4. The van der Waals surface area contributed by atoms with E-state index in [1.54, 1.807) is 26.0 Å². The number of benzene rings is 1. The number of rotatable bonds is 10. The van der Waals surface area contributed by atoms with Crippen LogP contribution in [0.1, 0.15) is 45.4 Å². The van der Waals surface area contributed by atoms with Gasteiger partial charge in [0.15, 0.2) is 0 Å². The molecule has 1 aromatic carbocycles. The monoisotopic (exact) mass is 451 g/mol. The number of thioether (sulfide) groups is 1. The Morgan fingerprint density at radius 3 is 2.50 bits per heavy atom. The Hall–Kier alpha value is -1.91. The molecule has 0 saturated heterocycles. The van der Waals surface area contributed by atoms with E-state index < -0.39 is 10.0 Å². The highest BCUT2D eigenvalue weighted by molar-refractivity contribution is 7.99. The SMILES string of the molecule is CCN(CC)S(=O)(=O)c1ccc(NC(=O)CSc2n[nH]c(CC3CCCC3)n2)cc1. The van der Waals surface area contributed by atoms with Crippen LogP contribution in [0.3, 0.4) is 0 Å². The van der Waals surface area contributed by atoms with Crippen LogP contribution >= 0.6 is 11.8 Å². The number of anilines is 1. The molecule has 3 rings (SSSR count). The third kappa shape index (κ3) is 5.83. The summed E-state index contributed by atoms with van der Waals surface area (Å²) >= 11 is 1.28. The van der Waals surface area contributed by atoms with E-state index in [1.165, 1.54) is 53.9 Å². The Morgan fingerprint density at radius 1 is 1.20 bits per heavy atom. The smallest absolute Gasteiger partial charge is 0.243 e. The highest BCUT2D eigenvalue weighted by Crippen LogP contribution is 2.27. The van der Waals surface area contributed by atoms with Gasteiger partial charge in [-0.05, 0) is 30.2 Å². The number of aromatic nitrogens is 3. The van der Waals surface area contributed by atoms with Crippen LogP contribution in [0, 0.1) is 5.92 Å². The summed E-state index contributed by atoms with van der Waals surface area (Å²) in [7, 11) is -3.50. The summed E-state index contributed by atoms with van der Waals surface area (Å²) in [6.07, 6.45) is 6.01. The van der Waals surface area contributed by atoms with Gasteiger partial charge in [-0.2, -0.15) is 4.31 Å². The maximum Gasteiger partial charge on any atom is 0.243 e. The van der Waals surface area contributed by atoms with Crippen molar-refractivity contribution in [3.63, 3.8) is 0 Å². The van der Waals surface area contributed by atoms with E-state index in [0.29, 0.717) is 29.9 Å². The van der Waals surface area contributed by atoms with Crippen molar-refractivity contribution in [3.8, 4) is 0 Å². The summed E-state index contributed by atoms with van der Waals surface area (Å²) in [4.78, 5) is 16.9. The van der Waals surface area contributed by atoms with Crippen LogP contribution in [0.2, 0.25) is 0 Å². The molecule has 1 aliphatic rings. The normalized spacial score (nSPS) is 15.0. The lowest BCUT2D eigenvalue weighted by molar-refractivity contribution is -0.113. The van der Waals surface area contributed by atoms with Gasteiger partial charge in [-0.15, -0.1) is 5.10 Å². The molecule has 1 fully saturated rings. The number of nitrogens with one attached hydrogen (secondary N) is 2. The van der Waals surface area contributed by atoms with Crippen LogP contribution < -0.4 is 5.32 Å². The first-order valence-electron chi connectivity index (χ1n) is 10.4. The van der Waals surface area contributed by atoms with Crippen molar-refractivity contribution in [2.45, 2.75) is 56.0 Å². The standard InChI is InChI=1S/C20H29N5O3S2/c1-3-25(4-2)30(27,28)17-11-9-16(10-12-17)21-19(26)14-29-20-22-18(23-24-20)13-15-7-5-6-8-15/h9-12,15H,3-8,13-14H2,1-2H3,(H,21,26)(H,22,23,24). The molecule has 0 spiro atoms. The highest BCUT2D eigenvalue weighted by Gasteiger charge is 2.21. The number of hydrogen-bond acceptors (Lipinski definition) is 6. The second-order valence-electron chi connectivity index (χ2n) is 7.37. The molecule has 1 amide bonds. The number of hydrogen-bond donors (Lipinski definition) is 2. The predicted molar refractivity (Wildman–Crippen MR) is 118 cm³/mol. The third-order valence-electron chi connectivity index (χ3n) is 5.28. The van der Waals surface area contributed by atoms with Gasteiger partial charge in [0, 0.05) is 25.2 Å². The van der Waals surface area contributed by atoms with Gasteiger partial charge in [-0.25, -0.2) is 13.4 Å². The highest BCUT2D eigenvalue weighted by atomic mass is 32.2. The summed E-state index contributed by atoms with van der Waals surface area (Å²) in [5.41, 5.74) is 0.552. The van der Waals surface area contributed by atoms with Crippen molar-refractivity contribution in [2.75, 3.05) is 24.2 Å². The number of amides is 1. The molecule has 0 aliphatic heterocycles. The first kappa shape index (κ1) is 22.8. The van der Waals surface area contributed by atoms with E-state index in [9.17, 15) is 13.2 Å². The molecule has 164 valence electrons. The van der Waals surface area contributed by atoms with Crippen LogP contribution in [0.5, 0.6) is 0 Å². The number of sulfonamides is 1. The summed E-state index contributed by atoms with van der Waals surface area (Å²) in [5.74, 6) is 1.56. The maximum absolute atomic E-state index is 12.5. The molecule has 0 unspecified atom stereocenters. The molecule has 2 N–H and O–H groups in total. The van der Waals surface area contributed by atoms with E-state index in [0.717, 1.165) is 12.2 Å². The topological polar surface area (TPSA) is 108 Å². The summed E-state index contributed by atoms with van der Waals surface area (Å²) in [5, 5.41) is 10.5. The van der Waals surface area contributed by atoms with E-state index >= 15 is 0 Å². The summed E-state index contributed by atoms with van der Waals surface area (Å²) < 4.78 is 26.4. The van der Waals surface area contributed by atoms with Gasteiger partial charge in [0.1, 0.15) is 5.82 Å². The number of H-pyrrole nitrogens is 1. The Kier molecular flexibility index (Phi) is 7.90. The van der Waals surface area contributed by atoms with Crippen molar-refractivity contribution in [3.05, 3.63) is 30.1 Å². The number of nitrogens with zero attached hydrogens (tertiary/aromatic N) is 3. The van der Waals surface area contributed by atoms with Crippen LogP contribution in [-0.2, 0) is 21.2 Å². The zero-order valence-corrected chi connectivity index (χ0v) is 19.1. The fraction of sp³-hybridized carbons (Fsp3) is 0.550. The van der Waals surface area contributed by atoms with Gasteiger partial charge in [0.2, 0.25) is 21.1 Å². The molecule has 1 heterocycles. The molecule has 1 saturated carbocycles. The van der Waals surface area contributed by atoms with E-state index in [4.69, 9.17) is 0 Å². The van der Waals surface area contributed by atoms with Crippen LogP contribution in [0.15, 0.2) is 34.3 Å². The molecular formula is C20H29N5O3S2. The Labute approximate surface area is 182 Å². The lowest BCUT2D eigenvalue weighted by Crippen LogP contribution is -2.30. The minimum absolute atomic E-state index is 0.181. The number of carbonyl (C=O) groups excluding carboxylic acids is 1. The van der Waals surface area contributed by atoms with Gasteiger partial charge in [-0.3, -0.25) is 9.89 Å². The fourth-order valence-corrected chi connectivity index (χ4v) is 5.75. The van der Waals surface area contributed by atoms with Gasteiger partial charge in [0.05, 0.1) is 10.6 Å². The molecule has 0 radical (unpaired) electrons. The van der Waals surface area contributed by atoms with Gasteiger partial charge in [-0.1, -0.05) is 51.3 Å². The summed E-state index contributed by atoms with van der Waals surface area (Å²) in [6, 6.07) is 6.23. The molecule has 0 atom stereocenters. The maximum atomic E-state index is 12.5. The molecule has 8 nitrogen and oxygen atoms in total. The van der Waals surface area contributed by atoms with Crippen molar-refractivity contribution in [1.82, 2.24) is 19.5 Å². The van der Waals surface area contributed by atoms with E-state index in [-0.39, 0.29) is 16.6 Å². The quantitative estimate of drug-likeness (QED) is 0.537. The van der Waals surface area contributed by atoms with Gasteiger partial charge >= 0.3 is 0 Å². The van der Waals surface area contributed by atoms with Crippen molar-refractivity contribution in [2.24, 2.45) is 5.92 Å². The minimum atomic E-state index is -3.50. The predicted octanol–water partition coefficient (Wildman–Crippen LogP) is 3.30. The zero-order chi connectivity index (χ0) is 21.6. The van der Waals surface area contributed by atoms with E-state index in [2.05, 4.69) is 20.5 Å². The van der Waals surface area contributed by atoms with Gasteiger partial charge in [0.25, 0.3) is 0 Å². The van der Waals surface area contributed by atoms with E-state index in [1.807, 2.05) is 0 Å². The fourth-order valence-electron chi connectivity index (χ4n) is 3.67. The molecule has 1 aliphatic carbocycles. The van der Waals surface area contributed by atoms with Crippen LogP contribution in [-0.4, -0.2) is 52.7 Å². The van der Waals surface area contributed by atoms with Crippen molar-refractivity contribution < 1.29 is 13.2 Å². The van der Waals surface area contributed by atoms with Crippen molar-refractivity contribution >= 4 is 33.4 Å². The Bertz CT molecular complexity index is 934. The van der Waals surface area contributed by atoms with Crippen LogP contribution in [0.25, 0.3) is 0 Å². The number of aromatic amines is 1. The zero-order valence-electron chi connectivity index (χ0n) is 17.4. The molecule has 2 aromatic rings. The Morgan fingerprint density at radius 2 is 1.87 bits per heavy atom. The Balaban J connectivity index is 1.50. The molecule has 1 aromatic heterocycles. The summed E-state index contributed by atoms with van der Waals surface area (Å²) in [6.45, 7) is 4.44.